The number of rotatable bonds is 5. The van der Waals surface area contributed by atoms with Crippen LogP contribution >= 0.6 is 0 Å². The SMILES string of the molecule is CN(C)S(=O)(=O)N(C)CCC(=O)O. The largest absolute Gasteiger partial charge is 0.481 e. The van der Waals surface area contributed by atoms with E-state index in [9.17, 15) is 13.2 Å². The van der Waals surface area contributed by atoms with Crippen molar-refractivity contribution >= 4 is 16.2 Å². The zero-order chi connectivity index (χ0) is 10.6. The Kier molecular flexibility index (Phi) is 4.31. The van der Waals surface area contributed by atoms with Crippen LogP contribution in [0.15, 0.2) is 0 Å². The third kappa shape index (κ3) is 3.71. The summed E-state index contributed by atoms with van der Waals surface area (Å²) in [5.74, 6) is -1.01. The molecule has 0 amide bonds. The third-order valence-corrected chi connectivity index (χ3v) is 3.39. The number of carboxylic acids is 1. The monoisotopic (exact) mass is 210 g/mol. The van der Waals surface area contributed by atoms with Crippen LogP contribution < -0.4 is 0 Å². The van der Waals surface area contributed by atoms with Crippen molar-refractivity contribution in [2.45, 2.75) is 6.42 Å². The van der Waals surface area contributed by atoms with Gasteiger partial charge in [-0.15, -0.1) is 0 Å². The van der Waals surface area contributed by atoms with Crippen molar-refractivity contribution in [2.75, 3.05) is 27.7 Å². The van der Waals surface area contributed by atoms with Gasteiger partial charge < -0.3 is 5.11 Å². The van der Waals surface area contributed by atoms with Crippen molar-refractivity contribution in [2.24, 2.45) is 0 Å². The average Bonchev–Trinajstić information content (AvgIpc) is 1.99. The predicted molar refractivity (Wildman–Crippen MR) is 47.5 cm³/mol. The molecule has 0 atom stereocenters. The van der Waals surface area contributed by atoms with Gasteiger partial charge in [-0.3, -0.25) is 4.79 Å². The van der Waals surface area contributed by atoms with E-state index in [1.54, 1.807) is 0 Å². The summed E-state index contributed by atoms with van der Waals surface area (Å²) in [5.41, 5.74) is 0. The fourth-order valence-electron chi connectivity index (χ4n) is 0.647. The lowest BCUT2D eigenvalue weighted by molar-refractivity contribution is -0.137. The van der Waals surface area contributed by atoms with Gasteiger partial charge >= 0.3 is 5.97 Å². The first-order valence-corrected chi connectivity index (χ1v) is 5.03. The minimum atomic E-state index is -3.47. The van der Waals surface area contributed by atoms with Gasteiger partial charge in [0.2, 0.25) is 0 Å². The second-order valence-electron chi connectivity index (χ2n) is 2.76. The fraction of sp³-hybridized carbons (Fsp3) is 0.833. The van der Waals surface area contributed by atoms with Crippen molar-refractivity contribution in [1.82, 2.24) is 8.61 Å². The predicted octanol–water partition coefficient (Wildman–Crippen LogP) is -0.801. The van der Waals surface area contributed by atoms with E-state index in [4.69, 9.17) is 5.11 Å². The topological polar surface area (TPSA) is 77.9 Å². The molecule has 0 heterocycles. The highest BCUT2D eigenvalue weighted by molar-refractivity contribution is 7.86. The number of aliphatic carboxylic acids is 1. The third-order valence-electron chi connectivity index (χ3n) is 1.50. The molecule has 0 aromatic carbocycles. The van der Waals surface area contributed by atoms with Gasteiger partial charge in [0.05, 0.1) is 6.42 Å². The highest BCUT2D eigenvalue weighted by Crippen LogP contribution is 2.01. The van der Waals surface area contributed by atoms with Crippen LogP contribution in [0.2, 0.25) is 0 Å². The lowest BCUT2D eigenvalue weighted by atomic mass is 10.4. The number of carboxylic acid groups (broad SMARTS) is 1. The van der Waals surface area contributed by atoms with Crippen LogP contribution in [0.25, 0.3) is 0 Å². The number of carbonyl (C=O) groups is 1. The fourth-order valence-corrected chi connectivity index (χ4v) is 1.53. The van der Waals surface area contributed by atoms with Crippen LogP contribution in [-0.4, -0.2) is 55.8 Å². The summed E-state index contributed by atoms with van der Waals surface area (Å²) in [6.45, 7) is -0.0180. The van der Waals surface area contributed by atoms with E-state index in [2.05, 4.69) is 0 Å². The molecule has 0 fully saturated rings. The van der Waals surface area contributed by atoms with E-state index in [1.165, 1.54) is 21.1 Å². The van der Waals surface area contributed by atoms with E-state index in [-0.39, 0.29) is 13.0 Å². The maximum absolute atomic E-state index is 11.3. The Morgan fingerprint density at radius 3 is 2.08 bits per heavy atom. The Morgan fingerprint density at radius 1 is 1.31 bits per heavy atom. The molecule has 0 aliphatic heterocycles. The Hall–Kier alpha value is -0.660. The average molecular weight is 210 g/mol. The molecule has 0 bridgehead atoms. The normalized spacial score (nSPS) is 12.4. The zero-order valence-corrected chi connectivity index (χ0v) is 8.71. The summed E-state index contributed by atoms with van der Waals surface area (Å²) in [7, 11) is 0.667. The smallest absolute Gasteiger partial charge is 0.304 e. The molecular weight excluding hydrogens is 196 g/mol. The van der Waals surface area contributed by atoms with Gasteiger partial charge in [0.1, 0.15) is 0 Å². The molecule has 6 nitrogen and oxygen atoms in total. The molecule has 0 unspecified atom stereocenters. The second kappa shape index (κ2) is 4.54. The van der Waals surface area contributed by atoms with Gasteiger partial charge in [0.25, 0.3) is 10.2 Å². The molecule has 0 aliphatic carbocycles. The summed E-state index contributed by atoms with van der Waals surface area (Å²) >= 11 is 0. The van der Waals surface area contributed by atoms with E-state index >= 15 is 0 Å². The molecule has 7 heteroatoms. The van der Waals surface area contributed by atoms with Crippen molar-refractivity contribution in [3.05, 3.63) is 0 Å². The summed E-state index contributed by atoms with van der Waals surface area (Å²) < 4.78 is 24.6. The molecule has 0 spiro atoms. The van der Waals surface area contributed by atoms with Crippen molar-refractivity contribution in [3.8, 4) is 0 Å². The minimum absolute atomic E-state index is 0.0180. The summed E-state index contributed by atoms with van der Waals surface area (Å²) in [6, 6.07) is 0. The van der Waals surface area contributed by atoms with Gasteiger partial charge in [-0.1, -0.05) is 0 Å². The molecule has 0 rings (SSSR count). The first-order chi connectivity index (χ1) is 5.78. The Morgan fingerprint density at radius 2 is 1.77 bits per heavy atom. The molecule has 1 N–H and O–H groups in total. The summed E-state index contributed by atoms with van der Waals surface area (Å²) in [4.78, 5) is 10.2. The van der Waals surface area contributed by atoms with E-state index in [1.807, 2.05) is 0 Å². The molecule has 0 aliphatic rings. The zero-order valence-electron chi connectivity index (χ0n) is 7.89. The van der Waals surface area contributed by atoms with Crippen molar-refractivity contribution in [3.63, 3.8) is 0 Å². The maximum atomic E-state index is 11.3. The van der Waals surface area contributed by atoms with E-state index < -0.39 is 16.2 Å². The van der Waals surface area contributed by atoms with Crippen LogP contribution in [0.1, 0.15) is 6.42 Å². The van der Waals surface area contributed by atoms with Gasteiger partial charge in [-0.05, 0) is 0 Å². The van der Waals surface area contributed by atoms with Crippen LogP contribution in [0.3, 0.4) is 0 Å². The highest BCUT2D eigenvalue weighted by atomic mass is 32.2. The molecule has 0 saturated heterocycles. The van der Waals surface area contributed by atoms with Gasteiger partial charge in [-0.2, -0.15) is 17.0 Å². The van der Waals surface area contributed by atoms with E-state index in [0.717, 1.165) is 8.61 Å². The first-order valence-electron chi connectivity index (χ1n) is 3.64. The van der Waals surface area contributed by atoms with Crippen LogP contribution in [0.4, 0.5) is 0 Å². The number of hydrogen-bond donors (Lipinski definition) is 1. The Balaban J connectivity index is 4.27. The quantitative estimate of drug-likeness (QED) is 0.644. The van der Waals surface area contributed by atoms with Crippen molar-refractivity contribution in [1.29, 1.82) is 0 Å². The summed E-state index contributed by atoms with van der Waals surface area (Å²) in [5, 5.41) is 8.33. The molecule has 0 saturated carbocycles. The van der Waals surface area contributed by atoms with Crippen molar-refractivity contribution < 1.29 is 18.3 Å². The highest BCUT2D eigenvalue weighted by Gasteiger charge is 2.20. The van der Waals surface area contributed by atoms with Crippen LogP contribution in [-0.2, 0) is 15.0 Å². The molecule has 13 heavy (non-hydrogen) atoms. The lowest BCUT2D eigenvalue weighted by Crippen LogP contribution is -2.38. The molecule has 0 aromatic rings. The molecule has 78 valence electrons. The summed E-state index contributed by atoms with van der Waals surface area (Å²) in [6.07, 6.45) is -0.191. The van der Waals surface area contributed by atoms with Gasteiger partial charge in [0, 0.05) is 27.7 Å². The maximum Gasteiger partial charge on any atom is 0.304 e. The number of nitrogens with zero attached hydrogens (tertiary/aromatic N) is 2. The standard InChI is InChI=1S/C6H14N2O4S/c1-7(2)13(11,12)8(3)5-4-6(9)10/h4-5H2,1-3H3,(H,9,10). The second-order valence-corrected chi connectivity index (χ2v) is 5.00. The van der Waals surface area contributed by atoms with E-state index in [0.29, 0.717) is 0 Å². The Labute approximate surface area is 77.9 Å². The molecular formula is C6H14N2O4S. The van der Waals surface area contributed by atoms with Crippen LogP contribution in [0, 0.1) is 0 Å². The first kappa shape index (κ1) is 12.3. The van der Waals surface area contributed by atoms with Crippen LogP contribution in [0.5, 0.6) is 0 Å². The number of hydrogen-bond acceptors (Lipinski definition) is 3. The molecule has 0 aromatic heterocycles. The van der Waals surface area contributed by atoms with Gasteiger partial charge in [0.15, 0.2) is 0 Å². The Bertz CT molecular complexity index is 272. The lowest BCUT2D eigenvalue weighted by Gasteiger charge is -2.20. The van der Waals surface area contributed by atoms with Gasteiger partial charge in [-0.25, -0.2) is 0 Å². The molecule has 0 radical (unpaired) electrons. The minimum Gasteiger partial charge on any atom is -0.481 e.